The molecule has 0 bridgehead atoms. The summed E-state index contributed by atoms with van der Waals surface area (Å²) in [6.07, 6.45) is 3.03. The van der Waals surface area contributed by atoms with Crippen LogP contribution in [0.5, 0.6) is 0 Å². The van der Waals surface area contributed by atoms with Gasteiger partial charge in [0, 0.05) is 25.6 Å². The topological polar surface area (TPSA) is 75.3 Å². The van der Waals surface area contributed by atoms with Gasteiger partial charge in [0.15, 0.2) is 0 Å². The zero-order valence-corrected chi connectivity index (χ0v) is 14.3. The fraction of sp³-hybridized carbons (Fsp3) is 0.889. The average Bonchev–Trinajstić information content (AvgIpc) is 2.09. The molecule has 0 aromatic heterocycles. The molecule has 0 spiro atoms. The number of nitrogens with one attached hydrogen (secondary N) is 1. The molecular weight excluding hydrogens is 214 g/mol. The maximum atomic E-state index is 10.3. The zero-order valence-electron chi connectivity index (χ0n) is 12.3. The summed E-state index contributed by atoms with van der Waals surface area (Å²) in [5, 5.41) is 11.7. The van der Waals surface area contributed by atoms with E-state index in [1.165, 1.54) is 0 Å². The minimum atomic E-state index is -0.726. The first kappa shape index (κ1) is 21.7. The molecule has 0 aromatic rings. The molecule has 0 heterocycles. The van der Waals surface area contributed by atoms with Crippen molar-refractivity contribution in [2.45, 2.75) is 38.6 Å². The van der Waals surface area contributed by atoms with Crippen LogP contribution in [0.4, 0.5) is 0 Å². The second-order valence-electron chi connectivity index (χ2n) is 3.16. The van der Waals surface area contributed by atoms with Gasteiger partial charge in [0.2, 0.25) is 0 Å². The van der Waals surface area contributed by atoms with E-state index in [-0.39, 0.29) is 68.4 Å². The first-order chi connectivity index (χ1) is 6.20. The molecule has 0 aliphatic rings. The number of hydrogen-bond acceptors (Lipinski definition) is 3. The summed E-state index contributed by atoms with van der Waals surface area (Å²) in [5.41, 5.74) is 5.35. The molecule has 6 heteroatoms. The number of carbonyl (C=O) groups is 1. The molecule has 0 aliphatic carbocycles. The van der Waals surface area contributed by atoms with E-state index in [1.54, 1.807) is 0 Å². The molecule has 0 saturated heterocycles. The second kappa shape index (κ2) is 15.4. The molecule has 4 N–H and O–H groups in total. The summed E-state index contributed by atoms with van der Waals surface area (Å²) in [6, 6.07) is 0.310. The third-order valence-corrected chi connectivity index (χ3v) is 1.92. The van der Waals surface area contributed by atoms with Crippen LogP contribution in [-0.4, -0.2) is 30.2 Å². The smallest absolute Gasteiger partial charge is 1.00 e. The van der Waals surface area contributed by atoms with E-state index < -0.39 is 5.97 Å². The van der Waals surface area contributed by atoms with Crippen molar-refractivity contribution in [2.24, 2.45) is 5.73 Å². The minimum absolute atomic E-state index is 0. The summed E-state index contributed by atoms with van der Waals surface area (Å²) in [5.74, 6) is -0.726. The Bertz CT molecular complexity index is 157. The maximum Gasteiger partial charge on any atom is 1.00 e. The van der Waals surface area contributed by atoms with Gasteiger partial charge in [0.25, 0.3) is 0 Å². The van der Waals surface area contributed by atoms with E-state index in [0.29, 0.717) is 19.0 Å². The summed E-state index contributed by atoms with van der Waals surface area (Å²) in [7, 11) is 0. The van der Waals surface area contributed by atoms with Crippen LogP contribution in [0.25, 0.3) is 0 Å². The molecule has 82 valence electrons. The molecular formula is C9H22N2Na2O2. The number of aliphatic carboxylic acids is 1. The predicted octanol–water partition coefficient (Wildman–Crippen LogP) is -5.20. The zero-order chi connectivity index (χ0) is 10.1. The van der Waals surface area contributed by atoms with Crippen molar-refractivity contribution in [1.29, 1.82) is 0 Å². The Morgan fingerprint density at radius 2 is 2.07 bits per heavy atom. The molecule has 0 rings (SSSR count). The molecule has 0 aliphatic heterocycles. The van der Waals surface area contributed by atoms with E-state index >= 15 is 0 Å². The quantitative estimate of drug-likeness (QED) is 0.368. The summed E-state index contributed by atoms with van der Waals surface area (Å²) in [4.78, 5) is 10.3. The van der Waals surface area contributed by atoms with Gasteiger partial charge in [-0.1, -0.05) is 13.3 Å². The monoisotopic (exact) mass is 236 g/mol. The van der Waals surface area contributed by atoms with Crippen molar-refractivity contribution in [3.8, 4) is 0 Å². The van der Waals surface area contributed by atoms with Gasteiger partial charge in [-0.15, -0.1) is 0 Å². The first-order valence-corrected chi connectivity index (χ1v) is 4.86. The third kappa shape index (κ3) is 15.4. The van der Waals surface area contributed by atoms with Gasteiger partial charge in [-0.25, -0.2) is 0 Å². The van der Waals surface area contributed by atoms with Gasteiger partial charge >= 0.3 is 65.1 Å². The van der Waals surface area contributed by atoms with Crippen molar-refractivity contribution in [3.63, 3.8) is 0 Å². The van der Waals surface area contributed by atoms with Crippen molar-refractivity contribution in [3.05, 3.63) is 0 Å². The van der Waals surface area contributed by atoms with E-state index in [2.05, 4.69) is 12.2 Å². The first-order valence-electron chi connectivity index (χ1n) is 4.86. The van der Waals surface area contributed by atoms with Crippen LogP contribution in [0.2, 0.25) is 0 Å². The van der Waals surface area contributed by atoms with Gasteiger partial charge in [-0.3, -0.25) is 4.79 Å². The molecule has 0 radical (unpaired) electrons. The normalized spacial score (nSPS) is 11.1. The Kier molecular flexibility index (Phi) is 22.2. The number of nitrogens with two attached hydrogens (primary N) is 1. The van der Waals surface area contributed by atoms with Gasteiger partial charge in [0.1, 0.15) is 0 Å². The average molecular weight is 236 g/mol. The Balaban J connectivity index is -0.000000120. The second-order valence-corrected chi connectivity index (χ2v) is 3.16. The van der Waals surface area contributed by atoms with Crippen LogP contribution in [0.1, 0.15) is 35.5 Å². The van der Waals surface area contributed by atoms with Crippen molar-refractivity contribution >= 4 is 5.97 Å². The number of carboxylic acid groups (broad SMARTS) is 1. The Morgan fingerprint density at radius 3 is 2.47 bits per heavy atom. The summed E-state index contributed by atoms with van der Waals surface area (Å²) < 4.78 is 0. The van der Waals surface area contributed by atoms with E-state index in [0.717, 1.165) is 19.4 Å². The minimum Gasteiger partial charge on any atom is -1.00 e. The SMILES string of the molecule is CCCC(CCC(=O)O)NCCN.[H-].[H-].[Na+].[Na+]. The molecule has 0 aromatic carbocycles. The fourth-order valence-electron chi connectivity index (χ4n) is 1.28. The Morgan fingerprint density at radius 1 is 1.47 bits per heavy atom. The standard InChI is InChI=1S/C9H20N2O2.2Na.2H/c1-2-3-8(11-7-6-10)4-5-9(12)13;;;;/h8,11H,2-7,10H2,1H3,(H,12,13);;;;/q;2*+1;2*-1. The molecule has 1 atom stereocenters. The fourth-order valence-corrected chi connectivity index (χ4v) is 1.28. The van der Waals surface area contributed by atoms with Crippen LogP contribution >= 0.6 is 0 Å². The van der Waals surface area contributed by atoms with Crippen molar-refractivity contribution < 1.29 is 71.9 Å². The molecule has 0 saturated carbocycles. The van der Waals surface area contributed by atoms with Crippen molar-refractivity contribution in [1.82, 2.24) is 5.32 Å². The van der Waals surface area contributed by atoms with Crippen LogP contribution < -0.4 is 70.2 Å². The van der Waals surface area contributed by atoms with Gasteiger partial charge < -0.3 is 19.0 Å². The van der Waals surface area contributed by atoms with Crippen LogP contribution in [0.3, 0.4) is 0 Å². The molecule has 0 amide bonds. The maximum absolute atomic E-state index is 10.3. The van der Waals surface area contributed by atoms with Gasteiger partial charge in [0.05, 0.1) is 0 Å². The third-order valence-electron chi connectivity index (χ3n) is 1.92. The van der Waals surface area contributed by atoms with Crippen LogP contribution in [0.15, 0.2) is 0 Å². The van der Waals surface area contributed by atoms with E-state index in [1.807, 2.05) is 0 Å². The van der Waals surface area contributed by atoms with E-state index in [9.17, 15) is 4.79 Å². The van der Waals surface area contributed by atoms with Gasteiger partial charge in [-0.05, 0) is 12.8 Å². The van der Waals surface area contributed by atoms with Gasteiger partial charge in [-0.2, -0.15) is 0 Å². The van der Waals surface area contributed by atoms with E-state index in [4.69, 9.17) is 10.8 Å². The largest absolute Gasteiger partial charge is 1.00 e. The Labute approximate surface area is 139 Å². The number of rotatable bonds is 8. The predicted molar refractivity (Wildman–Crippen MR) is 54.8 cm³/mol. The molecule has 4 nitrogen and oxygen atoms in total. The molecule has 0 fully saturated rings. The van der Waals surface area contributed by atoms with Crippen LogP contribution in [-0.2, 0) is 4.79 Å². The molecule has 1 unspecified atom stereocenters. The molecule has 15 heavy (non-hydrogen) atoms. The number of hydrogen-bond donors (Lipinski definition) is 3. The summed E-state index contributed by atoms with van der Waals surface area (Å²) in [6.45, 7) is 3.47. The van der Waals surface area contributed by atoms with Crippen LogP contribution in [0, 0.1) is 0 Å². The van der Waals surface area contributed by atoms with Crippen molar-refractivity contribution in [2.75, 3.05) is 13.1 Å². The number of carboxylic acids is 1. The summed E-state index contributed by atoms with van der Waals surface area (Å²) >= 11 is 0. The Hall–Kier alpha value is 1.39.